The first-order valence-corrected chi connectivity index (χ1v) is 7.49. The molecule has 0 bridgehead atoms. The molecule has 0 unspecified atom stereocenters. The molecule has 1 heterocycles. The Labute approximate surface area is 119 Å². The van der Waals surface area contributed by atoms with Gasteiger partial charge >= 0.3 is 0 Å². The number of piperidine rings is 1. The van der Waals surface area contributed by atoms with Crippen LogP contribution in [0.5, 0.6) is 0 Å². The minimum atomic E-state index is 0.771. The van der Waals surface area contributed by atoms with Gasteiger partial charge in [-0.1, -0.05) is 28.1 Å². The van der Waals surface area contributed by atoms with E-state index in [2.05, 4.69) is 64.9 Å². The van der Waals surface area contributed by atoms with Crippen LogP contribution < -0.4 is 0 Å². The number of hydrogen-bond donors (Lipinski definition) is 0. The number of benzene rings is 1. The Bertz CT molecular complexity index is 395. The zero-order valence-electron chi connectivity index (χ0n) is 11.6. The summed E-state index contributed by atoms with van der Waals surface area (Å²) in [5, 5.41) is 0. The molecule has 0 saturated carbocycles. The average molecular weight is 311 g/mol. The van der Waals surface area contributed by atoms with Crippen LogP contribution in [-0.2, 0) is 6.54 Å². The molecule has 1 fully saturated rings. The van der Waals surface area contributed by atoms with Crippen LogP contribution in [0.25, 0.3) is 0 Å². The highest BCUT2D eigenvalue weighted by Crippen LogP contribution is 2.20. The second-order valence-corrected chi connectivity index (χ2v) is 6.41. The zero-order valence-corrected chi connectivity index (χ0v) is 13.2. The Hall–Kier alpha value is -0.380. The molecule has 0 spiro atoms. The van der Waals surface area contributed by atoms with Crippen LogP contribution in [0.3, 0.4) is 0 Å². The van der Waals surface area contributed by atoms with Crippen LogP contribution in [0, 0.1) is 6.92 Å². The largest absolute Gasteiger partial charge is 0.306 e. The van der Waals surface area contributed by atoms with Crippen molar-refractivity contribution in [2.24, 2.45) is 0 Å². The first-order valence-electron chi connectivity index (χ1n) is 6.70. The Balaban J connectivity index is 1.89. The van der Waals surface area contributed by atoms with Gasteiger partial charge in [0, 0.05) is 17.1 Å². The van der Waals surface area contributed by atoms with E-state index in [1.165, 1.54) is 41.5 Å². The van der Waals surface area contributed by atoms with Crippen LogP contribution in [0.2, 0.25) is 0 Å². The van der Waals surface area contributed by atoms with Gasteiger partial charge in [-0.25, -0.2) is 0 Å². The molecule has 0 aliphatic carbocycles. The van der Waals surface area contributed by atoms with Crippen molar-refractivity contribution in [2.75, 3.05) is 27.2 Å². The van der Waals surface area contributed by atoms with E-state index in [1.807, 2.05) is 0 Å². The van der Waals surface area contributed by atoms with Crippen molar-refractivity contribution in [3.63, 3.8) is 0 Å². The molecular formula is C15H23BrN2. The van der Waals surface area contributed by atoms with Crippen LogP contribution in [0.4, 0.5) is 0 Å². The van der Waals surface area contributed by atoms with Crippen molar-refractivity contribution < 1.29 is 0 Å². The summed E-state index contributed by atoms with van der Waals surface area (Å²) in [4.78, 5) is 4.93. The van der Waals surface area contributed by atoms with E-state index in [4.69, 9.17) is 0 Å². The van der Waals surface area contributed by atoms with Crippen LogP contribution in [0.1, 0.15) is 24.0 Å². The van der Waals surface area contributed by atoms with Crippen molar-refractivity contribution in [3.05, 3.63) is 33.8 Å². The molecule has 1 aliphatic rings. The second-order valence-electron chi connectivity index (χ2n) is 5.55. The number of hydrogen-bond acceptors (Lipinski definition) is 2. The van der Waals surface area contributed by atoms with Crippen molar-refractivity contribution in [1.82, 2.24) is 9.80 Å². The third-order valence-electron chi connectivity index (χ3n) is 3.92. The molecule has 1 saturated heterocycles. The summed E-state index contributed by atoms with van der Waals surface area (Å²) in [6.07, 6.45) is 2.59. The lowest BCUT2D eigenvalue weighted by Crippen LogP contribution is -2.41. The van der Waals surface area contributed by atoms with Gasteiger partial charge in [0.2, 0.25) is 0 Å². The quantitative estimate of drug-likeness (QED) is 0.845. The molecule has 3 heteroatoms. The summed E-state index contributed by atoms with van der Waals surface area (Å²) in [6.45, 7) is 5.69. The third-order valence-corrected chi connectivity index (χ3v) is 4.81. The maximum atomic E-state index is 3.56. The first-order chi connectivity index (χ1) is 8.56. The monoisotopic (exact) mass is 310 g/mol. The molecular weight excluding hydrogens is 288 g/mol. The Morgan fingerprint density at radius 1 is 1.28 bits per heavy atom. The predicted octanol–water partition coefficient (Wildman–Crippen LogP) is 3.28. The molecule has 2 nitrogen and oxygen atoms in total. The average Bonchev–Trinajstić information content (AvgIpc) is 2.34. The standard InChI is InChI=1S/C15H23BrN2/c1-12-10-13(4-5-15(12)16)11-18-8-6-14(7-9-18)17(2)3/h4-5,10,14H,6-9,11H2,1-3H3. The fourth-order valence-corrected chi connectivity index (χ4v) is 2.90. The van der Waals surface area contributed by atoms with Gasteiger partial charge in [-0.2, -0.15) is 0 Å². The number of likely N-dealkylation sites (tertiary alicyclic amines) is 1. The van der Waals surface area contributed by atoms with E-state index < -0.39 is 0 Å². The molecule has 2 rings (SSSR count). The van der Waals surface area contributed by atoms with Gasteiger partial charge in [-0.15, -0.1) is 0 Å². The SMILES string of the molecule is Cc1cc(CN2CCC(N(C)C)CC2)ccc1Br. The van der Waals surface area contributed by atoms with Crippen LogP contribution in [0.15, 0.2) is 22.7 Å². The van der Waals surface area contributed by atoms with E-state index in [-0.39, 0.29) is 0 Å². The Kier molecular flexibility index (Phi) is 4.82. The van der Waals surface area contributed by atoms with Gasteiger partial charge in [0.15, 0.2) is 0 Å². The molecule has 0 aromatic heterocycles. The minimum absolute atomic E-state index is 0.771. The van der Waals surface area contributed by atoms with E-state index in [0.29, 0.717) is 0 Å². The maximum Gasteiger partial charge on any atom is 0.0233 e. The summed E-state index contributed by atoms with van der Waals surface area (Å²) in [5.74, 6) is 0. The summed E-state index contributed by atoms with van der Waals surface area (Å²) in [5.41, 5.74) is 2.76. The lowest BCUT2D eigenvalue weighted by Gasteiger charge is -2.35. The van der Waals surface area contributed by atoms with E-state index in [9.17, 15) is 0 Å². The molecule has 0 N–H and O–H groups in total. The molecule has 0 atom stereocenters. The van der Waals surface area contributed by atoms with Crippen molar-refractivity contribution in [2.45, 2.75) is 32.4 Å². The van der Waals surface area contributed by atoms with E-state index >= 15 is 0 Å². The predicted molar refractivity (Wildman–Crippen MR) is 80.9 cm³/mol. The normalized spacial score (nSPS) is 18.5. The fourth-order valence-electron chi connectivity index (χ4n) is 2.66. The first kappa shape index (κ1) is 14.0. The molecule has 1 aliphatic heterocycles. The lowest BCUT2D eigenvalue weighted by molar-refractivity contribution is 0.140. The minimum Gasteiger partial charge on any atom is -0.306 e. The highest BCUT2D eigenvalue weighted by Gasteiger charge is 2.20. The smallest absolute Gasteiger partial charge is 0.0233 e. The summed E-state index contributed by atoms with van der Waals surface area (Å²) in [7, 11) is 4.39. The topological polar surface area (TPSA) is 6.48 Å². The van der Waals surface area contributed by atoms with Gasteiger partial charge < -0.3 is 4.90 Å². The maximum absolute atomic E-state index is 3.56. The highest BCUT2D eigenvalue weighted by atomic mass is 79.9. The second kappa shape index (κ2) is 6.18. The zero-order chi connectivity index (χ0) is 13.1. The Morgan fingerprint density at radius 2 is 1.94 bits per heavy atom. The molecule has 0 amide bonds. The van der Waals surface area contributed by atoms with Gasteiger partial charge in [0.25, 0.3) is 0 Å². The summed E-state index contributed by atoms with van der Waals surface area (Å²) < 4.78 is 1.21. The summed E-state index contributed by atoms with van der Waals surface area (Å²) >= 11 is 3.56. The van der Waals surface area contributed by atoms with Gasteiger partial charge in [-0.05, 0) is 64.1 Å². The fraction of sp³-hybridized carbons (Fsp3) is 0.600. The van der Waals surface area contributed by atoms with E-state index in [0.717, 1.165) is 12.6 Å². The summed E-state index contributed by atoms with van der Waals surface area (Å²) in [6, 6.07) is 7.46. The van der Waals surface area contributed by atoms with Crippen molar-refractivity contribution >= 4 is 15.9 Å². The molecule has 0 radical (unpaired) electrons. The van der Waals surface area contributed by atoms with Crippen molar-refractivity contribution in [1.29, 1.82) is 0 Å². The number of aryl methyl sites for hydroxylation is 1. The van der Waals surface area contributed by atoms with E-state index in [1.54, 1.807) is 0 Å². The van der Waals surface area contributed by atoms with Crippen LogP contribution in [-0.4, -0.2) is 43.0 Å². The number of rotatable bonds is 3. The highest BCUT2D eigenvalue weighted by molar-refractivity contribution is 9.10. The lowest BCUT2D eigenvalue weighted by atomic mass is 10.0. The molecule has 1 aromatic rings. The van der Waals surface area contributed by atoms with Gasteiger partial charge in [-0.3, -0.25) is 4.90 Å². The van der Waals surface area contributed by atoms with Crippen molar-refractivity contribution in [3.8, 4) is 0 Å². The third kappa shape index (κ3) is 3.56. The molecule has 100 valence electrons. The molecule has 1 aromatic carbocycles. The number of nitrogens with zero attached hydrogens (tertiary/aromatic N) is 2. The van der Waals surface area contributed by atoms with Gasteiger partial charge in [0.1, 0.15) is 0 Å². The Morgan fingerprint density at radius 3 is 2.50 bits per heavy atom. The number of halogens is 1. The molecule has 18 heavy (non-hydrogen) atoms. The van der Waals surface area contributed by atoms with Gasteiger partial charge in [0.05, 0.1) is 0 Å². The van der Waals surface area contributed by atoms with Crippen LogP contribution >= 0.6 is 15.9 Å².